The first-order valence-electron chi connectivity index (χ1n) is 8.81. The number of carbonyl (C=O) groups is 2. The molecule has 0 spiro atoms. The number of anilines is 2. The van der Waals surface area contributed by atoms with Crippen LogP contribution in [0.5, 0.6) is 0 Å². The minimum absolute atomic E-state index is 0.0783. The number of thiazole rings is 1. The lowest BCUT2D eigenvalue weighted by Crippen LogP contribution is -2.47. The fraction of sp³-hybridized carbons (Fsp3) is 0.222. The molecule has 0 aliphatic carbocycles. The summed E-state index contributed by atoms with van der Waals surface area (Å²) in [6.45, 7) is -0.214. The number of fused-ring (bicyclic) bond motifs is 1. The highest BCUT2D eigenvalue weighted by atomic mass is 35.5. The van der Waals surface area contributed by atoms with Crippen LogP contribution in [0.4, 0.5) is 37.6 Å². The van der Waals surface area contributed by atoms with Crippen LogP contribution in [0.2, 0.25) is 5.02 Å². The van der Waals surface area contributed by atoms with Crippen molar-refractivity contribution >= 4 is 56.0 Å². The Kier molecular flexibility index (Phi) is 5.41. The van der Waals surface area contributed by atoms with Crippen molar-refractivity contribution in [3.63, 3.8) is 0 Å². The summed E-state index contributed by atoms with van der Waals surface area (Å²) in [5.74, 6) is -2.99. The predicted octanol–water partition coefficient (Wildman–Crippen LogP) is 4.20. The second kappa shape index (κ2) is 7.81. The first-order chi connectivity index (χ1) is 15.0. The molecule has 7 nitrogen and oxygen atoms in total. The quantitative estimate of drug-likeness (QED) is 0.440. The van der Waals surface area contributed by atoms with E-state index in [4.69, 9.17) is 11.6 Å². The van der Waals surface area contributed by atoms with Crippen molar-refractivity contribution < 1.29 is 31.5 Å². The number of pyridine rings is 1. The van der Waals surface area contributed by atoms with Crippen molar-refractivity contribution in [2.75, 3.05) is 23.4 Å². The monoisotopic (exact) mass is 491 g/mol. The highest BCUT2D eigenvalue weighted by molar-refractivity contribution is 7.22. The zero-order chi connectivity index (χ0) is 23.4. The van der Waals surface area contributed by atoms with Crippen molar-refractivity contribution in [2.24, 2.45) is 0 Å². The number of nitrogens with one attached hydrogen (secondary N) is 1. The molecule has 0 bridgehead atoms. The Morgan fingerprint density at radius 3 is 2.72 bits per heavy atom. The van der Waals surface area contributed by atoms with Gasteiger partial charge in [0.25, 0.3) is 5.91 Å². The number of likely N-dealkylation sites (N-methyl/N-ethyl adjacent to an activating group) is 1. The molecule has 1 aromatic carbocycles. The Labute approximate surface area is 185 Å². The Bertz CT molecular complexity index is 1250. The zero-order valence-corrected chi connectivity index (χ0v) is 17.4. The summed E-state index contributed by atoms with van der Waals surface area (Å²) in [4.78, 5) is 34.8. The van der Waals surface area contributed by atoms with E-state index in [1.54, 1.807) is 0 Å². The minimum atomic E-state index is -4.70. The van der Waals surface area contributed by atoms with Gasteiger partial charge in [-0.05, 0) is 18.2 Å². The molecule has 4 rings (SSSR count). The van der Waals surface area contributed by atoms with Gasteiger partial charge in [-0.1, -0.05) is 22.9 Å². The molecule has 2 aromatic heterocycles. The molecule has 1 atom stereocenters. The third-order valence-electron chi connectivity index (χ3n) is 4.77. The molecule has 1 fully saturated rings. The van der Waals surface area contributed by atoms with Crippen molar-refractivity contribution in [1.82, 2.24) is 15.3 Å². The van der Waals surface area contributed by atoms with Gasteiger partial charge in [0.15, 0.2) is 10.9 Å². The molecule has 168 valence electrons. The van der Waals surface area contributed by atoms with E-state index in [1.807, 2.05) is 0 Å². The van der Waals surface area contributed by atoms with Crippen LogP contribution in [0.15, 0.2) is 24.4 Å². The maximum absolute atomic E-state index is 14.4. The average molecular weight is 492 g/mol. The number of benzene rings is 1. The predicted molar refractivity (Wildman–Crippen MR) is 107 cm³/mol. The van der Waals surface area contributed by atoms with Crippen LogP contribution in [-0.2, 0) is 11.0 Å². The van der Waals surface area contributed by atoms with Gasteiger partial charge in [0.05, 0.1) is 11.3 Å². The largest absolute Gasteiger partial charge is 0.418 e. The molecular weight excluding hydrogens is 481 g/mol. The summed E-state index contributed by atoms with van der Waals surface area (Å²) in [5, 5.41) is 1.41. The van der Waals surface area contributed by atoms with Crippen LogP contribution in [0.3, 0.4) is 0 Å². The topological polar surface area (TPSA) is 78.4 Å². The molecule has 1 aliphatic heterocycles. The molecule has 1 aliphatic rings. The van der Waals surface area contributed by atoms with E-state index < -0.39 is 51.9 Å². The first-order valence-corrected chi connectivity index (χ1v) is 10.0. The second-order valence-electron chi connectivity index (χ2n) is 6.67. The number of alkyl halides is 3. The smallest absolute Gasteiger partial charge is 0.335 e. The summed E-state index contributed by atoms with van der Waals surface area (Å²) in [6, 6.07) is 0.596. The fourth-order valence-corrected chi connectivity index (χ4v) is 4.34. The standard InChI is InChI=1S/C18H11ClF5N5O2S/c1-28(9-3-2-8(20)11(19)12(9)21)15(30)10-6-26-16(31)29(10)17-27-13-7(18(22,23)24)4-5-25-14(13)32-17/h2-5,10H,6H2,1H3,(H,26,31)/t10-/m0/s1. The van der Waals surface area contributed by atoms with E-state index in [9.17, 15) is 31.5 Å². The number of hydrogen-bond acceptors (Lipinski definition) is 5. The third kappa shape index (κ3) is 3.60. The van der Waals surface area contributed by atoms with Crippen LogP contribution >= 0.6 is 22.9 Å². The summed E-state index contributed by atoms with van der Waals surface area (Å²) in [6.07, 6.45) is -3.73. The number of rotatable bonds is 3. The molecule has 14 heteroatoms. The van der Waals surface area contributed by atoms with Gasteiger partial charge in [0, 0.05) is 19.8 Å². The van der Waals surface area contributed by atoms with Crippen molar-refractivity contribution in [3.8, 4) is 0 Å². The Balaban J connectivity index is 1.72. The number of halogens is 6. The zero-order valence-electron chi connectivity index (χ0n) is 15.9. The molecule has 1 N–H and O–H groups in total. The van der Waals surface area contributed by atoms with Gasteiger partial charge in [-0.3, -0.25) is 9.69 Å². The molecule has 32 heavy (non-hydrogen) atoms. The number of nitrogens with zero attached hydrogens (tertiary/aromatic N) is 4. The highest BCUT2D eigenvalue weighted by Crippen LogP contribution is 2.38. The van der Waals surface area contributed by atoms with Gasteiger partial charge in [-0.15, -0.1) is 0 Å². The molecule has 1 saturated heterocycles. The summed E-state index contributed by atoms with van der Waals surface area (Å²) in [7, 11) is 1.19. The number of aromatic nitrogens is 2. The van der Waals surface area contributed by atoms with Gasteiger partial charge in [0.2, 0.25) is 0 Å². The Morgan fingerprint density at radius 1 is 1.31 bits per heavy atom. The minimum Gasteiger partial charge on any atom is -0.335 e. The molecule has 0 saturated carbocycles. The van der Waals surface area contributed by atoms with Gasteiger partial charge in [0.1, 0.15) is 27.2 Å². The average Bonchev–Trinajstić information content (AvgIpc) is 3.33. The van der Waals surface area contributed by atoms with Gasteiger partial charge < -0.3 is 10.2 Å². The van der Waals surface area contributed by atoms with Crippen molar-refractivity contribution in [2.45, 2.75) is 12.2 Å². The van der Waals surface area contributed by atoms with E-state index >= 15 is 0 Å². The molecule has 3 aromatic rings. The van der Waals surface area contributed by atoms with Gasteiger partial charge in [-0.25, -0.2) is 23.5 Å². The van der Waals surface area contributed by atoms with E-state index in [0.29, 0.717) is 11.3 Å². The lowest BCUT2D eigenvalue weighted by atomic mass is 10.2. The Morgan fingerprint density at radius 2 is 2.03 bits per heavy atom. The van der Waals surface area contributed by atoms with E-state index in [2.05, 4.69) is 15.3 Å². The van der Waals surface area contributed by atoms with Crippen LogP contribution in [-0.4, -0.2) is 41.5 Å². The maximum Gasteiger partial charge on any atom is 0.418 e. The van der Waals surface area contributed by atoms with E-state index in [0.717, 1.165) is 34.2 Å². The van der Waals surface area contributed by atoms with Crippen LogP contribution in [0, 0.1) is 11.6 Å². The first kappa shape index (κ1) is 22.1. The van der Waals surface area contributed by atoms with Crippen LogP contribution < -0.4 is 15.1 Å². The summed E-state index contributed by atoms with van der Waals surface area (Å²) < 4.78 is 67.7. The van der Waals surface area contributed by atoms with Crippen LogP contribution in [0.25, 0.3) is 10.3 Å². The highest BCUT2D eigenvalue weighted by Gasteiger charge is 2.42. The van der Waals surface area contributed by atoms with Crippen molar-refractivity contribution in [3.05, 3.63) is 46.6 Å². The van der Waals surface area contributed by atoms with Crippen molar-refractivity contribution in [1.29, 1.82) is 0 Å². The summed E-state index contributed by atoms with van der Waals surface area (Å²) in [5.41, 5.74) is -1.84. The third-order valence-corrected chi connectivity index (χ3v) is 6.08. The normalized spacial score (nSPS) is 16.5. The lowest BCUT2D eigenvalue weighted by Gasteiger charge is -2.25. The SMILES string of the molecule is CN(C(=O)[C@@H]1CNC(=O)N1c1nc2c(C(F)(F)F)ccnc2s1)c1ccc(F)c(Cl)c1F. The Hall–Kier alpha value is -3.06. The molecule has 3 heterocycles. The number of urea groups is 1. The van der Waals surface area contributed by atoms with Gasteiger partial charge >= 0.3 is 12.2 Å². The lowest BCUT2D eigenvalue weighted by molar-refractivity contribution is -0.136. The molecule has 0 radical (unpaired) electrons. The van der Waals surface area contributed by atoms with E-state index in [-0.39, 0.29) is 22.2 Å². The summed E-state index contributed by atoms with van der Waals surface area (Å²) >= 11 is 6.26. The maximum atomic E-state index is 14.4. The number of carbonyl (C=O) groups excluding carboxylic acids is 2. The number of hydrogen-bond donors (Lipinski definition) is 1. The fourth-order valence-electron chi connectivity index (χ4n) is 3.19. The van der Waals surface area contributed by atoms with Gasteiger partial charge in [-0.2, -0.15) is 13.2 Å². The molecule has 3 amide bonds. The van der Waals surface area contributed by atoms with E-state index in [1.165, 1.54) is 7.05 Å². The number of amides is 3. The molecular formula is C18H11ClF5N5O2S. The van der Waals surface area contributed by atoms with Crippen LogP contribution in [0.1, 0.15) is 5.56 Å². The molecule has 0 unspecified atom stereocenters. The second-order valence-corrected chi connectivity index (χ2v) is 8.00.